The highest BCUT2D eigenvalue weighted by atomic mass is 16.6. The molecule has 0 aromatic heterocycles. The van der Waals surface area contributed by atoms with Crippen LogP contribution < -0.4 is 5.48 Å². The molecule has 1 aliphatic rings. The van der Waals surface area contributed by atoms with Crippen LogP contribution in [0.3, 0.4) is 0 Å². The van der Waals surface area contributed by atoms with Crippen LogP contribution in [0.2, 0.25) is 0 Å². The standard InChI is InChI=1S/C20H31NO.C2H6/c1-16(8-6-9-17(2)14-15-21-22-5)12-13-20-18(3)10-7-11-19(20)4;1-2/h6,8-9,12-14,18,21H,7,10-11,15H2,1-5H3;1-2H3/b9-6+,13-12+,16-8+,17-14+;. The fraction of sp³-hybridized carbons (Fsp3) is 0.545. The van der Waals surface area contributed by atoms with Gasteiger partial charge in [0.1, 0.15) is 0 Å². The lowest BCUT2D eigenvalue weighted by Crippen LogP contribution is -2.10. The molecule has 1 N–H and O–H groups in total. The third kappa shape index (κ3) is 9.69. The molecule has 0 aliphatic heterocycles. The summed E-state index contributed by atoms with van der Waals surface area (Å²) in [5.41, 5.74) is 8.39. The van der Waals surface area contributed by atoms with E-state index in [-0.39, 0.29) is 0 Å². The number of allylic oxidation sites excluding steroid dienone is 9. The fourth-order valence-electron chi connectivity index (χ4n) is 2.68. The largest absolute Gasteiger partial charge is 0.305 e. The Balaban J connectivity index is 0.00000254. The summed E-state index contributed by atoms with van der Waals surface area (Å²) in [6.45, 7) is 13.6. The SMILES string of the molecule is CC.CONC/C=C(C)/C=C/C=C(C)/C=C/C1=C(C)CCCC1C. The summed E-state index contributed by atoms with van der Waals surface area (Å²) < 4.78 is 0. The molecule has 1 unspecified atom stereocenters. The lowest BCUT2D eigenvalue weighted by atomic mass is 9.84. The van der Waals surface area contributed by atoms with Gasteiger partial charge < -0.3 is 4.84 Å². The van der Waals surface area contributed by atoms with Crippen LogP contribution in [-0.4, -0.2) is 13.7 Å². The smallest absolute Gasteiger partial charge is 0.0572 e. The van der Waals surface area contributed by atoms with Crippen LogP contribution in [-0.2, 0) is 4.84 Å². The van der Waals surface area contributed by atoms with Gasteiger partial charge in [-0.25, -0.2) is 0 Å². The van der Waals surface area contributed by atoms with Crippen LogP contribution in [0.5, 0.6) is 0 Å². The molecule has 0 saturated carbocycles. The van der Waals surface area contributed by atoms with Gasteiger partial charge >= 0.3 is 0 Å². The highest BCUT2D eigenvalue weighted by Crippen LogP contribution is 2.30. The molecule has 2 heteroatoms. The van der Waals surface area contributed by atoms with Crippen LogP contribution in [0.15, 0.2) is 58.7 Å². The minimum atomic E-state index is 0.701. The molecule has 0 spiro atoms. The Bertz CT molecular complexity index is 492. The normalized spacial score (nSPS) is 19.9. The van der Waals surface area contributed by atoms with Crippen molar-refractivity contribution in [3.8, 4) is 0 Å². The molecule has 0 radical (unpaired) electrons. The van der Waals surface area contributed by atoms with Gasteiger partial charge in [0.05, 0.1) is 7.11 Å². The van der Waals surface area contributed by atoms with E-state index in [0.29, 0.717) is 5.92 Å². The van der Waals surface area contributed by atoms with Gasteiger partial charge in [0.25, 0.3) is 0 Å². The zero-order valence-corrected chi connectivity index (χ0v) is 16.8. The Kier molecular flexibility index (Phi) is 13.2. The van der Waals surface area contributed by atoms with Crippen LogP contribution in [0.1, 0.15) is 60.8 Å². The first-order valence-electron chi connectivity index (χ1n) is 9.20. The maximum atomic E-state index is 4.80. The molecule has 0 saturated heterocycles. The van der Waals surface area contributed by atoms with Gasteiger partial charge in [-0.3, -0.25) is 0 Å². The van der Waals surface area contributed by atoms with E-state index >= 15 is 0 Å². The summed E-state index contributed by atoms with van der Waals surface area (Å²) in [4.78, 5) is 4.80. The number of hydroxylamine groups is 1. The zero-order chi connectivity index (χ0) is 18.4. The lowest BCUT2D eigenvalue weighted by molar-refractivity contribution is 0.101. The lowest BCUT2D eigenvalue weighted by Gasteiger charge is -2.22. The first-order valence-corrected chi connectivity index (χ1v) is 9.20. The summed E-state index contributed by atoms with van der Waals surface area (Å²) >= 11 is 0. The van der Waals surface area contributed by atoms with Crippen molar-refractivity contribution in [2.45, 2.75) is 60.8 Å². The van der Waals surface area contributed by atoms with Gasteiger partial charge in [0.2, 0.25) is 0 Å². The van der Waals surface area contributed by atoms with Crippen molar-refractivity contribution >= 4 is 0 Å². The molecule has 0 bridgehead atoms. The molecule has 2 nitrogen and oxygen atoms in total. The summed E-state index contributed by atoms with van der Waals surface area (Å²) in [5, 5.41) is 0. The van der Waals surface area contributed by atoms with Gasteiger partial charge in [-0.1, -0.05) is 73.9 Å². The van der Waals surface area contributed by atoms with Gasteiger partial charge in [-0.05, 0) is 51.5 Å². The van der Waals surface area contributed by atoms with E-state index in [4.69, 9.17) is 4.84 Å². The summed E-state index contributed by atoms with van der Waals surface area (Å²) in [5.74, 6) is 0.701. The van der Waals surface area contributed by atoms with Gasteiger partial charge in [-0.15, -0.1) is 0 Å². The van der Waals surface area contributed by atoms with Gasteiger partial charge in [-0.2, -0.15) is 5.48 Å². The Morgan fingerprint density at radius 3 is 2.54 bits per heavy atom. The first-order chi connectivity index (χ1) is 11.5. The average Bonchev–Trinajstić information content (AvgIpc) is 2.56. The molecular formula is C22H37NO. The molecule has 136 valence electrons. The minimum absolute atomic E-state index is 0.701. The van der Waals surface area contributed by atoms with E-state index < -0.39 is 0 Å². The molecule has 0 fully saturated rings. The van der Waals surface area contributed by atoms with Crippen LogP contribution in [0.4, 0.5) is 0 Å². The summed E-state index contributed by atoms with van der Waals surface area (Å²) in [6, 6.07) is 0. The zero-order valence-electron chi connectivity index (χ0n) is 16.8. The van der Waals surface area contributed by atoms with Crippen molar-refractivity contribution in [2.24, 2.45) is 5.92 Å². The second kappa shape index (κ2) is 14.0. The van der Waals surface area contributed by atoms with E-state index in [9.17, 15) is 0 Å². The molecule has 1 aliphatic carbocycles. The quantitative estimate of drug-likeness (QED) is 0.335. The number of nitrogens with one attached hydrogen (secondary N) is 1. The van der Waals surface area contributed by atoms with Crippen LogP contribution in [0, 0.1) is 5.92 Å². The highest BCUT2D eigenvalue weighted by Gasteiger charge is 2.14. The summed E-state index contributed by atoms with van der Waals surface area (Å²) in [7, 11) is 1.63. The van der Waals surface area contributed by atoms with E-state index in [1.54, 1.807) is 12.7 Å². The van der Waals surface area contributed by atoms with Crippen LogP contribution >= 0.6 is 0 Å². The van der Waals surface area contributed by atoms with Crippen molar-refractivity contribution < 1.29 is 4.84 Å². The molecule has 0 aromatic rings. The molecule has 1 atom stereocenters. The number of hydrogen-bond acceptors (Lipinski definition) is 2. The van der Waals surface area contributed by atoms with E-state index in [1.807, 2.05) is 13.8 Å². The highest BCUT2D eigenvalue weighted by molar-refractivity contribution is 5.34. The predicted molar refractivity (Wildman–Crippen MR) is 108 cm³/mol. The maximum Gasteiger partial charge on any atom is 0.0572 e. The Labute approximate surface area is 150 Å². The molecule has 0 aromatic carbocycles. The Morgan fingerprint density at radius 2 is 1.92 bits per heavy atom. The Morgan fingerprint density at radius 1 is 1.21 bits per heavy atom. The topological polar surface area (TPSA) is 21.3 Å². The molecule has 0 amide bonds. The van der Waals surface area contributed by atoms with Crippen molar-refractivity contribution in [3.05, 3.63) is 58.7 Å². The third-order valence-corrected chi connectivity index (χ3v) is 4.11. The average molecular weight is 332 g/mol. The minimum Gasteiger partial charge on any atom is -0.305 e. The Hall–Kier alpha value is -1.38. The second-order valence-corrected chi connectivity index (χ2v) is 6.13. The number of rotatable bonds is 7. The third-order valence-electron chi connectivity index (χ3n) is 4.11. The first kappa shape index (κ1) is 22.6. The van der Waals surface area contributed by atoms with Gasteiger partial charge in [0, 0.05) is 6.54 Å². The van der Waals surface area contributed by atoms with Crippen LogP contribution in [0.25, 0.3) is 0 Å². The monoisotopic (exact) mass is 331 g/mol. The second-order valence-electron chi connectivity index (χ2n) is 6.13. The molecular weight excluding hydrogens is 294 g/mol. The van der Waals surface area contributed by atoms with Crippen molar-refractivity contribution in [1.82, 2.24) is 5.48 Å². The maximum absolute atomic E-state index is 4.80. The fourth-order valence-corrected chi connectivity index (χ4v) is 2.68. The van der Waals surface area contributed by atoms with E-state index in [0.717, 1.165) is 6.54 Å². The van der Waals surface area contributed by atoms with Crippen molar-refractivity contribution in [2.75, 3.05) is 13.7 Å². The molecule has 24 heavy (non-hydrogen) atoms. The van der Waals surface area contributed by atoms with E-state index in [2.05, 4.69) is 69.6 Å². The van der Waals surface area contributed by atoms with Crippen molar-refractivity contribution in [3.63, 3.8) is 0 Å². The number of hydrogen-bond donors (Lipinski definition) is 1. The summed E-state index contributed by atoms with van der Waals surface area (Å²) in [6.07, 6.45) is 16.9. The van der Waals surface area contributed by atoms with Gasteiger partial charge in [0.15, 0.2) is 0 Å². The van der Waals surface area contributed by atoms with E-state index in [1.165, 1.54) is 36.0 Å². The molecule has 1 rings (SSSR count). The predicted octanol–water partition coefficient (Wildman–Crippen LogP) is 6.31. The van der Waals surface area contributed by atoms with Crippen molar-refractivity contribution in [1.29, 1.82) is 0 Å². The molecule has 0 heterocycles.